The maximum absolute atomic E-state index is 12.9. The number of nitrogens with zero attached hydrogens (tertiary/aromatic N) is 2. The Hall–Kier alpha value is -3.50. The van der Waals surface area contributed by atoms with Crippen LogP contribution in [0.25, 0.3) is 0 Å². The minimum atomic E-state index is -2.69. The fraction of sp³-hybridized carbons (Fsp3) is 0.258. The first-order chi connectivity index (χ1) is 19.3. The monoisotopic (exact) mass is 571 g/mol. The first-order valence-electron chi connectivity index (χ1n) is 13.3. The van der Waals surface area contributed by atoms with Crippen molar-refractivity contribution in [3.05, 3.63) is 119 Å². The van der Waals surface area contributed by atoms with Crippen LogP contribution in [-0.4, -0.2) is 42.4 Å². The number of ether oxygens (including phenoxy) is 1. The van der Waals surface area contributed by atoms with Crippen LogP contribution >= 0.6 is 11.8 Å². The normalized spacial score (nSPS) is 17.5. The summed E-state index contributed by atoms with van der Waals surface area (Å²) in [6, 6.07) is 31.4. The van der Waals surface area contributed by atoms with Gasteiger partial charge in [0.05, 0.1) is 13.2 Å². The van der Waals surface area contributed by atoms with Crippen LogP contribution in [0.5, 0.6) is 0 Å². The fourth-order valence-electron chi connectivity index (χ4n) is 5.11. The van der Waals surface area contributed by atoms with E-state index in [1.807, 2.05) is 18.2 Å². The molecule has 7 nitrogen and oxygen atoms in total. The Balaban J connectivity index is 1.31. The fourth-order valence-corrected chi connectivity index (χ4v) is 10.9. The van der Waals surface area contributed by atoms with Crippen molar-refractivity contribution in [2.24, 2.45) is 0 Å². The molecular weight excluding hydrogens is 539 g/mol. The van der Waals surface area contributed by atoms with Crippen molar-refractivity contribution in [2.45, 2.75) is 36.6 Å². The van der Waals surface area contributed by atoms with Crippen LogP contribution in [-0.2, 0) is 9.16 Å². The van der Waals surface area contributed by atoms with Gasteiger partial charge in [-0.15, -0.1) is 11.8 Å². The van der Waals surface area contributed by atoms with Crippen LogP contribution < -0.4 is 21.4 Å². The van der Waals surface area contributed by atoms with Gasteiger partial charge in [0.15, 0.2) is 0 Å². The third-order valence-electron chi connectivity index (χ3n) is 7.00. The largest absolute Gasteiger partial charge is 0.404 e. The van der Waals surface area contributed by atoms with E-state index in [0.717, 1.165) is 0 Å². The van der Waals surface area contributed by atoms with Crippen LogP contribution in [0.4, 0.5) is 5.82 Å². The molecule has 0 unspecified atom stereocenters. The Kier molecular flexibility index (Phi) is 8.37. The van der Waals surface area contributed by atoms with Crippen molar-refractivity contribution in [2.75, 3.05) is 18.5 Å². The van der Waals surface area contributed by atoms with Gasteiger partial charge in [-0.1, -0.05) is 99.6 Å². The highest BCUT2D eigenvalue weighted by Crippen LogP contribution is 2.39. The van der Waals surface area contributed by atoms with E-state index in [-0.39, 0.29) is 27.6 Å². The smallest absolute Gasteiger partial charge is 0.350 e. The first kappa shape index (κ1) is 28.0. The van der Waals surface area contributed by atoms with Crippen molar-refractivity contribution < 1.29 is 14.0 Å². The van der Waals surface area contributed by atoms with Crippen molar-refractivity contribution in [1.29, 1.82) is 0 Å². The molecule has 1 aliphatic rings. The number of rotatable bonds is 8. The van der Waals surface area contributed by atoms with Gasteiger partial charge >= 0.3 is 5.69 Å². The standard InChI is InChI=1S/C31H33N3O4SSi/c1-31(2,3)40(24-15-9-5-10-16-24,25-17-11-6-12-18-25)38-22-28-37-21-27(39-28)34-20-19-26(33-30(34)36)32-29(35)23-13-7-4-8-14-23/h4-20,27-28H,21-22H2,1-3H3,(H,32,33,35,36)/t27-,28-/m0/s1. The van der Waals surface area contributed by atoms with E-state index >= 15 is 0 Å². The molecule has 0 spiro atoms. The molecule has 1 N–H and O–H groups in total. The zero-order valence-corrected chi connectivity index (χ0v) is 24.6. The molecule has 1 aromatic heterocycles. The second-order valence-corrected chi connectivity index (χ2v) is 16.3. The summed E-state index contributed by atoms with van der Waals surface area (Å²) in [5.74, 6) is -0.102. The predicted octanol–water partition coefficient (Wildman–Crippen LogP) is 4.66. The summed E-state index contributed by atoms with van der Waals surface area (Å²) in [7, 11) is -2.69. The lowest BCUT2D eigenvalue weighted by Crippen LogP contribution is -2.67. The second kappa shape index (κ2) is 11.9. The van der Waals surface area contributed by atoms with Gasteiger partial charge < -0.3 is 14.5 Å². The van der Waals surface area contributed by atoms with Gasteiger partial charge in [0.25, 0.3) is 14.2 Å². The Morgan fingerprint density at radius 1 is 0.975 bits per heavy atom. The van der Waals surface area contributed by atoms with Crippen LogP contribution in [0.15, 0.2) is 108 Å². The number of aromatic nitrogens is 2. The molecule has 40 heavy (non-hydrogen) atoms. The lowest BCUT2D eigenvalue weighted by molar-refractivity contribution is 0.0849. The summed E-state index contributed by atoms with van der Waals surface area (Å²) in [5.41, 5.74) is -0.187. The Bertz CT molecular complexity index is 1450. The zero-order valence-electron chi connectivity index (χ0n) is 22.8. The minimum Gasteiger partial charge on any atom is -0.404 e. The number of benzene rings is 3. The molecule has 0 aliphatic carbocycles. The van der Waals surface area contributed by atoms with Crippen LogP contribution in [0, 0.1) is 0 Å². The van der Waals surface area contributed by atoms with Crippen LogP contribution in [0.3, 0.4) is 0 Å². The van der Waals surface area contributed by atoms with Gasteiger partial charge in [-0.05, 0) is 33.6 Å². The molecule has 2 atom stereocenters. The summed E-state index contributed by atoms with van der Waals surface area (Å²) >= 11 is 1.55. The summed E-state index contributed by atoms with van der Waals surface area (Å²) in [4.78, 5) is 29.4. The molecule has 0 saturated carbocycles. The molecule has 1 fully saturated rings. The van der Waals surface area contributed by atoms with Gasteiger partial charge in [0.1, 0.15) is 16.6 Å². The van der Waals surface area contributed by atoms with Gasteiger partial charge in [0, 0.05) is 11.8 Å². The molecule has 0 radical (unpaired) electrons. The maximum Gasteiger partial charge on any atom is 0.350 e. The van der Waals surface area contributed by atoms with Gasteiger partial charge in [-0.25, -0.2) is 4.79 Å². The molecular formula is C31H33N3O4SSi. The summed E-state index contributed by atoms with van der Waals surface area (Å²) in [6.45, 7) is 7.48. The molecule has 1 saturated heterocycles. The molecule has 1 aliphatic heterocycles. The molecule has 4 aromatic rings. The number of hydrogen-bond donors (Lipinski definition) is 1. The number of nitrogens with one attached hydrogen (secondary N) is 1. The predicted molar refractivity (Wildman–Crippen MR) is 163 cm³/mol. The van der Waals surface area contributed by atoms with Crippen LogP contribution in [0.1, 0.15) is 36.5 Å². The number of anilines is 1. The second-order valence-electron chi connectivity index (χ2n) is 10.7. The first-order valence-corrected chi connectivity index (χ1v) is 16.1. The Labute approximate surface area is 239 Å². The number of amides is 1. The van der Waals surface area contributed by atoms with E-state index in [0.29, 0.717) is 18.8 Å². The highest BCUT2D eigenvalue weighted by Gasteiger charge is 2.50. The number of carbonyl (C=O) groups is 1. The number of thioether (sulfide) groups is 1. The number of carbonyl (C=O) groups excluding carboxylic acids is 1. The van der Waals surface area contributed by atoms with Crippen molar-refractivity contribution in [3.8, 4) is 0 Å². The average molecular weight is 572 g/mol. The van der Waals surface area contributed by atoms with E-state index in [1.165, 1.54) is 10.4 Å². The van der Waals surface area contributed by atoms with E-state index in [2.05, 4.69) is 79.6 Å². The van der Waals surface area contributed by atoms with E-state index in [1.54, 1.807) is 52.9 Å². The molecule has 3 aromatic carbocycles. The van der Waals surface area contributed by atoms with Gasteiger partial charge in [-0.3, -0.25) is 9.36 Å². The van der Waals surface area contributed by atoms with Crippen molar-refractivity contribution in [1.82, 2.24) is 9.55 Å². The molecule has 2 heterocycles. The Morgan fingerprint density at radius 3 is 2.10 bits per heavy atom. The molecule has 5 rings (SSSR count). The highest BCUT2D eigenvalue weighted by atomic mass is 32.2. The van der Waals surface area contributed by atoms with Gasteiger partial charge in [0.2, 0.25) is 0 Å². The Morgan fingerprint density at radius 2 is 1.55 bits per heavy atom. The number of hydrogen-bond acceptors (Lipinski definition) is 6. The van der Waals surface area contributed by atoms with Crippen LogP contribution in [0.2, 0.25) is 5.04 Å². The minimum absolute atomic E-state index is 0.140. The molecule has 1 amide bonds. The summed E-state index contributed by atoms with van der Waals surface area (Å²) in [6.07, 6.45) is 1.66. The van der Waals surface area contributed by atoms with Gasteiger partial charge in [-0.2, -0.15) is 4.98 Å². The lowest BCUT2D eigenvalue weighted by atomic mass is 10.2. The third-order valence-corrected chi connectivity index (χ3v) is 13.3. The molecule has 0 bridgehead atoms. The summed E-state index contributed by atoms with van der Waals surface area (Å²) < 4.78 is 14.7. The van der Waals surface area contributed by atoms with Crippen molar-refractivity contribution in [3.63, 3.8) is 0 Å². The van der Waals surface area contributed by atoms with E-state index < -0.39 is 14.0 Å². The third kappa shape index (κ3) is 5.83. The van der Waals surface area contributed by atoms with E-state index in [4.69, 9.17) is 9.16 Å². The van der Waals surface area contributed by atoms with E-state index in [9.17, 15) is 9.59 Å². The highest BCUT2D eigenvalue weighted by molar-refractivity contribution is 8.00. The lowest BCUT2D eigenvalue weighted by Gasteiger charge is -2.43. The topological polar surface area (TPSA) is 82.4 Å². The quantitative estimate of drug-likeness (QED) is 0.310. The molecule has 206 valence electrons. The summed E-state index contributed by atoms with van der Waals surface area (Å²) in [5, 5.41) is 4.73. The van der Waals surface area contributed by atoms with Crippen molar-refractivity contribution >= 4 is 42.2 Å². The molecule has 9 heteroatoms. The maximum atomic E-state index is 12.9. The average Bonchev–Trinajstić information content (AvgIpc) is 3.43. The SMILES string of the molecule is CC(C)(C)[Si](OC[C@H]1OC[C@@H](n2ccc(NC(=O)c3ccccc3)nc2=O)S1)(c1ccccc1)c1ccccc1. The zero-order chi connectivity index (χ0) is 28.2.